The quantitative estimate of drug-likeness (QED) is 0.445. The van der Waals surface area contributed by atoms with Gasteiger partial charge in [-0.1, -0.05) is 26.7 Å². The summed E-state index contributed by atoms with van der Waals surface area (Å²) in [5, 5.41) is 0. The third-order valence-electron chi connectivity index (χ3n) is 9.89. The second kappa shape index (κ2) is 9.26. The topological polar surface area (TPSA) is 27.7 Å². The highest BCUT2D eigenvalue weighted by molar-refractivity contribution is 5.30. The molecule has 0 unspecified atom stereocenters. The molecule has 3 nitrogen and oxygen atoms in total. The Bertz CT molecular complexity index is 675. The maximum Gasteiger partial charge on any atom is 0.180 e. The first-order chi connectivity index (χ1) is 15.4. The smallest absolute Gasteiger partial charge is 0.180 e. The van der Waals surface area contributed by atoms with Gasteiger partial charge in [-0.3, -0.25) is 0 Å². The Hall–Kier alpha value is -0.520. The Morgan fingerprint density at radius 2 is 1.31 bits per heavy atom. The van der Waals surface area contributed by atoms with Crippen LogP contribution in [0, 0.1) is 35.0 Å². The van der Waals surface area contributed by atoms with Gasteiger partial charge in [-0.2, -0.15) is 0 Å². The zero-order chi connectivity index (χ0) is 22.3. The third-order valence-corrected chi connectivity index (χ3v) is 9.89. The molecule has 1 heterocycles. The fourth-order valence-corrected chi connectivity index (χ4v) is 7.62. The van der Waals surface area contributed by atoms with Crippen molar-refractivity contribution in [2.24, 2.45) is 35.0 Å². The molecule has 1 aliphatic heterocycles. The van der Waals surface area contributed by atoms with E-state index < -0.39 is 29.0 Å². The highest BCUT2D eigenvalue weighted by Gasteiger charge is 2.59. The van der Waals surface area contributed by atoms with Crippen molar-refractivity contribution in [2.45, 2.75) is 103 Å². The van der Waals surface area contributed by atoms with Crippen LogP contribution >= 0.6 is 0 Å². The molecule has 5 aliphatic carbocycles. The molecule has 0 aromatic rings. The second-order valence-electron chi connectivity index (χ2n) is 11.9. The predicted octanol–water partition coefficient (Wildman–Crippen LogP) is 7.11. The molecular weight excluding hydrogens is 410 g/mol. The van der Waals surface area contributed by atoms with Crippen LogP contribution in [0.5, 0.6) is 0 Å². The minimum absolute atomic E-state index is 0.172. The summed E-state index contributed by atoms with van der Waals surface area (Å²) < 4.78 is 48.4. The minimum atomic E-state index is -1.10. The zero-order valence-electron chi connectivity index (χ0n) is 20.1. The molecule has 0 amide bonds. The lowest BCUT2D eigenvalue weighted by Crippen LogP contribution is -2.52. The van der Waals surface area contributed by atoms with E-state index in [1.807, 2.05) is 0 Å². The third kappa shape index (κ3) is 4.20. The number of hydrogen-bond acceptors (Lipinski definition) is 3. The molecule has 0 N–H and O–H groups in total. The van der Waals surface area contributed by atoms with Crippen LogP contribution in [0.2, 0.25) is 0 Å². The number of hydrogen-bond donors (Lipinski definition) is 0. The number of rotatable bonds is 5. The van der Waals surface area contributed by atoms with Gasteiger partial charge in [0.05, 0.1) is 19.8 Å². The summed E-state index contributed by atoms with van der Waals surface area (Å²) >= 11 is 0. The van der Waals surface area contributed by atoms with Crippen LogP contribution in [0.25, 0.3) is 0 Å². The van der Waals surface area contributed by atoms with Crippen molar-refractivity contribution < 1.29 is 23.0 Å². The summed E-state index contributed by atoms with van der Waals surface area (Å²) in [6.45, 7) is 5.87. The van der Waals surface area contributed by atoms with Gasteiger partial charge in [0.15, 0.2) is 12.1 Å². The lowest BCUT2D eigenvalue weighted by molar-refractivity contribution is -0.240. The van der Waals surface area contributed by atoms with Crippen LogP contribution in [0.1, 0.15) is 90.9 Å². The highest BCUT2D eigenvalue weighted by atomic mass is 19.2. The first kappa shape index (κ1) is 23.2. The lowest BCUT2D eigenvalue weighted by Gasteiger charge is -2.55. The predicted molar refractivity (Wildman–Crippen MR) is 120 cm³/mol. The molecule has 32 heavy (non-hydrogen) atoms. The van der Waals surface area contributed by atoms with Crippen molar-refractivity contribution in [3.63, 3.8) is 0 Å². The molecule has 5 heteroatoms. The molecule has 2 bridgehead atoms. The molecule has 182 valence electrons. The molecule has 3 saturated carbocycles. The van der Waals surface area contributed by atoms with E-state index in [9.17, 15) is 0 Å². The molecule has 0 radical (unpaired) electrons. The highest BCUT2D eigenvalue weighted by Crippen LogP contribution is 2.63. The average Bonchev–Trinajstić information content (AvgIpc) is 2.83. The van der Waals surface area contributed by atoms with Gasteiger partial charge in [0.25, 0.3) is 0 Å². The summed E-state index contributed by atoms with van der Waals surface area (Å²) in [7, 11) is 0. The van der Waals surface area contributed by atoms with Crippen molar-refractivity contribution in [1.29, 1.82) is 0 Å². The molecule has 6 aliphatic rings. The number of allylic oxidation sites excluding steroid dienone is 1. The summed E-state index contributed by atoms with van der Waals surface area (Å²) in [4.78, 5) is 0. The van der Waals surface area contributed by atoms with E-state index in [2.05, 4.69) is 13.8 Å². The molecule has 0 aromatic heterocycles. The first-order valence-electron chi connectivity index (χ1n) is 13.4. The SMILES string of the molecule is CC1CCC(C2CCC(C34CCC(OCC5OCC(C)CO5)(CC3)C(F)=C4F)CC2)CC1. The Morgan fingerprint density at radius 1 is 0.750 bits per heavy atom. The molecular formula is C27H42F2O3. The maximum atomic E-state index is 15.6. The van der Waals surface area contributed by atoms with Gasteiger partial charge >= 0.3 is 0 Å². The molecule has 0 aromatic carbocycles. The number of fused-ring (bicyclic) bond motifs is 2. The molecule has 0 spiro atoms. The van der Waals surface area contributed by atoms with E-state index in [1.54, 1.807) is 0 Å². The van der Waals surface area contributed by atoms with Gasteiger partial charge in [-0.25, -0.2) is 8.78 Å². The maximum absolute atomic E-state index is 15.6. The summed E-state index contributed by atoms with van der Waals surface area (Å²) in [5.41, 5.74) is -1.67. The largest absolute Gasteiger partial charge is 0.362 e. The van der Waals surface area contributed by atoms with E-state index >= 15 is 8.78 Å². The van der Waals surface area contributed by atoms with Crippen molar-refractivity contribution in [1.82, 2.24) is 0 Å². The van der Waals surface area contributed by atoms with Gasteiger partial charge in [-0.05, 0) is 87.9 Å². The normalized spacial score (nSPS) is 47.6. The monoisotopic (exact) mass is 452 g/mol. The Labute approximate surface area is 192 Å². The van der Waals surface area contributed by atoms with Gasteiger partial charge in [-0.15, -0.1) is 0 Å². The zero-order valence-corrected chi connectivity index (χ0v) is 20.1. The van der Waals surface area contributed by atoms with Crippen LogP contribution in [0.15, 0.2) is 11.7 Å². The number of ether oxygens (including phenoxy) is 3. The van der Waals surface area contributed by atoms with E-state index in [4.69, 9.17) is 14.2 Å². The minimum Gasteiger partial charge on any atom is -0.362 e. The van der Waals surface area contributed by atoms with Gasteiger partial charge in [0, 0.05) is 11.3 Å². The number of halogens is 2. The van der Waals surface area contributed by atoms with Crippen LogP contribution in [0.3, 0.4) is 0 Å². The first-order valence-corrected chi connectivity index (χ1v) is 13.4. The second-order valence-corrected chi connectivity index (χ2v) is 11.9. The van der Waals surface area contributed by atoms with Gasteiger partial charge in [0.1, 0.15) is 11.4 Å². The lowest BCUT2D eigenvalue weighted by atomic mass is 9.53. The summed E-state index contributed by atoms with van der Waals surface area (Å²) in [6.07, 6.45) is 12.1. The van der Waals surface area contributed by atoms with Crippen LogP contribution in [-0.2, 0) is 14.2 Å². The average molecular weight is 453 g/mol. The Morgan fingerprint density at radius 3 is 1.91 bits per heavy atom. The van der Waals surface area contributed by atoms with E-state index in [-0.39, 0.29) is 12.5 Å². The summed E-state index contributed by atoms with van der Waals surface area (Å²) in [5.74, 6) is 2.10. The Kier molecular flexibility index (Phi) is 6.72. The van der Waals surface area contributed by atoms with Crippen molar-refractivity contribution in [2.75, 3.05) is 19.8 Å². The van der Waals surface area contributed by atoms with Crippen LogP contribution < -0.4 is 0 Å². The van der Waals surface area contributed by atoms with Crippen molar-refractivity contribution in [3.8, 4) is 0 Å². The molecule has 4 fully saturated rings. The molecule has 1 saturated heterocycles. The van der Waals surface area contributed by atoms with Crippen molar-refractivity contribution in [3.05, 3.63) is 11.7 Å². The molecule has 6 rings (SSSR count). The van der Waals surface area contributed by atoms with Crippen LogP contribution in [0.4, 0.5) is 8.78 Å². The van der Waals surface area contributed by atoms with Gasteiger partial charge < -0.3 is 14.2 Å². The van der Waals surface area contributed by atoms with Gasteiger partial charge in [0.2, 0.25) is 0 Å². The Balaban J connectivity index is 1.20. The van der Waals surface area contributed by atoms with E-state index in [0.717, 1.165) is 30.6 Å². The fourth-order valence-electron chi connectivity index (χ4n) is 7.62. The van der Waals surface area contributed by atoms with Crippen LogP contribution in [-0.4, -0.2) is 31.7 Å². The standard InChI is InChI=1S/C27H42F2O3/c1-18-3-5-20(6-4-18)21-7-9-22(10-8-21)26-11-13-27(14-12-26,25(29)24(26)28)32-17-23-30-15-19(2)16-31-23/h18-23H,3-17H2,1-2H3. The van der Waals surface area contributed by atoms with Crippen molar-refractivity contribution >= 4 is 0 Å². The van der Waals surface area contributed by atoms with E-state index in [1.165, 1.54) is 38.5 Å². The van der Waals surface area contributed by atoms with E-state index in [0.29, 0.717) is 44.8 Å². The summed E-state index contributed by atoms with van der Waals surface area (Å²) in [6, 6.07) is 0. The molecule has 0 atom stereocenters. The fraction of sp³-hybridized carbons (Fsp3) is 0.926.